The van der Waals surface area contributed by atoms with E-state index in [1.54, 1.807) is 0 Å². The zero-order chi connectivity index (χ0) is 30.7. The lowest BCUT2D eigenvalue weighted by molar-refractivity contribution is -0.135. The fourth-order valence-electron chi connectivity index (χ4n) is 2.75. The minimum atomic E-state index is -2.51. The number of hydrogen-bond acceptors (Lipinski definition) is 6. The molecule has 2 aromatic carbocycles. The Kier molecular flexibility index (Phi) is 9.99. The highest BCUT2D eigenvalue weighted by atomic mass is 19.2. The van der Waals surface area contributed by atoms with Gasteiger partial charge >= 0.3 is 18.0 Å². The molecule has 0 fully saturated rings. The highest BCUT2D eigenvalue weighted by molar-refractivity contribution is 5.76. The molecule has 0 bridgehead atoms. The van der Waals surface area contributed by atoms with Crippen LogP contribution >= 0.6 is 0 Å². The zero-order valence-electron chi connectivity index (χ0n) is 20.5. The molecule has 17 heteroatoms. The molecular formula is C23H17F10NO6. The third-order valence-corrected chi connectivity index (χ3v) is 4.59. The van der Waals surface area contributed by atoms with Crippen molar-refractivity contribution in [2.45, 2.75) is 39.2 Å². The van der Waals surface area contributed by atoms with E-state index >= 15 is 0 Å². The van der Waals surface area contributed by atoms with Crippen molar-refractivity contribution in [3.63, 3.8) is 0 Å². The number of benzene rings is 2. The van der Waals surface area contributed by atoms with Gasteiger partial charge in [0.25, 0.3) is 0 Å². The molecule has 0 radical (unpaired) electrons. The molecule has 0 saturated carbocycles. The Morgan fingerprint density at radius 3 is 1.10 bits per heavy atom. The normalized spacial score (nSPS) is 11.3. The Morgan fingerprint density at radius 1 is 0.550 bits per heavy atom. The molecule has 0 saturated heterocycles. The van der Waals surface area contributed by atoms with Crippen molar-refractivity contribution in [3.05, 3.63) is 58.2 Å². The molecule has 7 nitrogen and oxygen atoms in total. The van der Waals surface area contributed by atoms with E-state index < -0.39 is 119 Å². The maximum atomic E-state index is 13.7. The number of carbonyl (C=O) groups is 3. The van der Waals surface area contributed by atoms with Gasteiger partial charge in [0.05, 0.1) is 12.8 Å². The number of esters is 2. The number of carbonyl (C=O) groups excluding carboxylic acids is 3. The van der Waals surface area contributed by atoms with Crippen molar-refractivity contribution in [1.29, 1.82) is 0 Å². The van der Waals surface area contributed by atoms with E-state index in [-0.39, 0.29) is 0 Å². The second kappa shape index (κ2) is 12.4. The average Bonchev–Trinajstić information content (AvgIpc) is 2.87. The van der Waals surface area contributed by atoms with Gasteiger partial charge in [-0.1, -0.05) is 0 Å². The van der Waals surface area contributed by atoms with Crippen LogP contribution in [-0.2, 0) is 14.3 Å². The van der Waals surface area contributed by atoms with E-state index in [9.17, 15) is 58.3 Å². The maximum Gasteiger partial charge on any atom is 0.410 e. The summed E-state index contributed by atoms with van der Waals surface area (Å²) in [6.45, 7) is 2.64. The van der Waals surface area contributed by atoms with E-state index in [4.69, 9.17) is 4.74 Å². The molecule has 0 heterocycles. The van der Waals surface area contributed by atoms with Crippen LogP contribution in [-0.4, -0.2) is 41.6 Å². The first-order valence-corrected chi connectivity index (χ1v) is 10.8. The molecule has 40 heavy (non-hydrogen) atoms. The molecule has 0 aliphatic carbocycles. The van der Waals surface area contributed by atoms with Gasteiger partial charge in [-0.15, -0.1) is 0 Å². The summed E-state index contributed by atoms with van der Waals surface area (Å²) in [5.41, 5.74) is -1.17. The van der Waals surface area contributed by atoms with Crippen molar-refractivity contribution in [2.24, 2.45) is 0 Å². The maximum absolute atomic E-state index is 13.7. The largest absolute Gasteiger partial charge is 0.444 e. The number of hydrogen-bond donors (Lipinski definition) is 0. The molecule has 0 N–H and O–H groups in total. The summed E-state index contributed by atoms with van der Waals surface area (Å²) in [5, 5.41) is 0. The smallest absolute Gasteiger partial charge is 0.410 e. The minimum Gasteiger partial charge on any atom is -0.444 e. The fourth-order valence-corrected chi connectivity index (χ4v) is 2.75. The molecule has 0 aliphatic heterocycles. The van der Waals surface area contributed by atoms with Crippen LogP contribution in [0.3, 0.4) is 0 Å². The Morgan fingerprint density at radius 2 is 0.825 bits per heavy atom. The van der Waals surface area contributed by atoms with Gasteiger partial charge in [-0.3, -0.25) is 9.59 Å². The summed E-state index contributed by atoms with van der Waals surface area (Å²) in [7, 11) is 0. The monoisotopic (exact) mass is 593 g/mol. The van der Waals surface area contributed by atoms with E-state index in [1.165, 1.54) is 20.8 Å². The number of rotatable bonds is 8. The van der Waals surface area contributed by atoms with E-state index in [2.05, 4.69) is 9.47 Å². The van der Waals surface area contributed by atoms with Gasteiger partial charge in [0.2, 0.25) is 69.7 Å². The Balaban J connectivity index is 2.16. The average molecular weight is 593 g/mol. The van der Waals surface area contributed by atoms with Crippen LogP contribution in [0, 0.1) is 58.2 Å². The lowest BCUT2D eigenvalue weighted by Crippen LogP contribution is -2.39. The minimum absolute atomic E-state index is 0.574. The first-order chi connectivity index (χ1) is 18.4. The molecule has 0 aromatic heterocycles. The second-order valence-corrected chi connectivity index (χ2v) is 8.71. The highest BCUT2D eigenvalue weighted by Crippen LogP contribution is 2.30. The third kappa shape index (κ3) is 7.32. The number of ether oxygens (including phenoxy) is 3. The standard InChI is InChI=1S/C23H17F10NO6/c1-23(2,3)40-22(37)34(6-4-8(35)38-20-16(30)12(26)10(24)13(27)17(20)31)7-5-9(36)39-21-18(32)14(28)11(25)15(29)19(21)33/h4-7H2,1-3H3. The van der Waals surface area contributed by atoms with E-state index in [0.717, 1.165) is 0 Å². The summed E-state index contributed by atoms with van der Waals surface area (Å²) in [6, 6.07) is 0. The van der Waals surface area contributed by atoms with Crippen molar-refractivity contribution in [1.82, 2.24) is 4.90 Å². The van der Waals surface area contributed by atoms with Gasteiger partial charge in [-0.25, -0.2) is 31.1 Å². The van der Waals surface area contributed by atoms with Crippen molar-refractivity contribution < 1.29 is 72.5 Å². The van der Waals surface area contributed by atoms with Gasteiger partial charge in [-0.05, 0) is 20.8 Å². The molecular weight excluding hydrogens is 576 g/mol. The van der Waals surface area contributed by atoms with Crippen molar-refractivity contribution in [2.75, 3.05) is 13.1 Å². The van der Waals surface area contributed by atoms with Gasteiger partial charge < -0.3 is 19.1 Å². The van der Waals surface area contributed by atoms with E-state index in [1.807, 2.05) is 0 Å². The van der Waals surface area contributed by atoms with Crippen LogP contribution in [0.2, 0.25) is 0 Å². The van der Waals surface area contributed by atoms with Crippen LogP contribution in [0.15, 0.2) is 0 Å². The second-order valence-electron chi connectivity index (χ2n) is 8.71. The Labute approximate surface area is 218 Å². The number of nitrogens with zero attached hydrogens (tertiary/aromatic N) is 1. The predicted octanol–water partition coefficient (Wildman–Crippen LogP) is 5.61. The third-order valence-electron chi connectivity index (χ3n) is 4.59. The van der Waals surface area contributed by atoms with Crippen LogP contribution < -0.4 is 9.47 Å². The van der Waals surface area contributed by atoms with Gasteiger partial charge in [-0.2, -0.15) is 17.6 Å². The number of amides is 1. The van der Waals surface area contributed by atoms with Crippen LogP contribution in [0.1, 0.15) is 33.6 Å². The first-order valence-electron chi connectivity index (χ1n) is 10.8. The van der Waals surface area contributed by atoms with Gasteiger partial charge in [0.1, 0.15) is 5.60 Å². The summed E-state index contributed by atoms with van der Waals surface area (Å²) in [4.78, 5) is 37.1. The van der Waals surface area contributed by atoms with E-state index in [0.29, 0.717) is 4.90 Å². The van der Waals surface area contributed by atoms with Crippen LogP contribution in [0.25, 0.3) is 0 Å². The quantitative estimate of drug-likeness (QED) is 0.130. The molecule has 0 atom stereocenters. The summed E-state index contributed by atoms with van der Waals surface area (Å²) in [6.07, 6.45) is -3.20. The predicted molar refractivity (Wildman–Crippen MR) is 111 cm³/mol. The molecule has 2 aromatic rings. The lowest BCUT2D eigenvalue weighted by Gasteiger charge is -2.27. The molecule has 0 spiro atoms. The number of halogens is 10. The summed E-state index contributed by atoms with van der Waals surface area (Å²) >= 11 is 0. The Hall–Kier alpha value is -4.05. The zero-order valence-corrected chi connectivity index (χ0v) is 20.5. The van der Waals surface area contributed by atoms with Crippen molar-refractivity contribution in [3.8, 4) is 11.5 Å². The van der Waals surface area contributed by atoms with Gasteiger partial charge in [0.15, 0.2) is 0 Å². The molecule has 0 aliphatic rings. The summed E-state index contributed by atoms with van der Waals surface area (Å²) < 4.78 is 148. The summed E-state index contributed by atoms with van der Waals surface area (Å²) in [5.74, 6) is -31.5. The lowest BCUT2D eigenvalue weighted by atomic mass is 10.2. The molecule has 1 amide bonds. The fraction of sp³-hybridized carbons (Fsp3) is 0.348. The molecule has 220 valence electrons. The van der Waals surface area contributed by atoms with Gasteiger partial charge in [0, 0.05) is 13.1 Å². The van der Waals surface area contributed by atoms with Crippen LogP contribution in [0.4, 0.5) is 48.7 Å². The van der Waals surface area contributed by atoms with Crippen LogP contribution in [0.5, 0.6) is 11.5 Å². The highest BCUT2D eigenvalue weighted by Gasteiger charge is 2.31. The Bertz CT molecular complexity index is 1200. The molecule has 2 rings (SSSR count). The SMILES string of the molecule is CC(C)(C)OC(=O)N(CCC(=O)Oc1c(F)c(F)c(F)c(F)c1F)CCC(=O)Oc1c(F)c(F)c(F)c(F)c1F. The van der Waals surface area contributed by atoms with Crippen molar-refractivity contribution >= 4 is 18.0 Å². The topological polar surface area (TPSA) is 82.1 Å². The first kappa shape index (κ1) is 32.2. The molecule has 0 unspecified atom stereocenters.